The lowest BCUT2D eigenvalue weighted by molar-refractivity contribution is -0.895. The topological polar surface area (TPSA) is 75.8 Å². The number of aromatic hydroxyl groups is 1. The summed E-state index contributed by atoms with van der Waals surface area (Å²) in [6.45, 7) is 8.01. The van der Waals surface area contributed by atoms with Gasteiger partial charge < -0.3 is 19.9 Å². The first-order chi connectivity index (χ1) is 11.6. The van der Waals surface area contributed by atoms with E-state index < -0.39 is 11.5 Å². The highest BCUT2D eigenvalue weighted by Gasteiger charge is 2.25. The van der Waals surface area contributed by atoms with Gasteiger partial charge in [0, 0.05) is 11.9 Å². The number of hydrogen-bond acceptors (Lipinski definition) is 3. The highest BCUT2D eigenvalue weighted by atomic mass is 16.3. The third-order valence-electron chi connectivity index (χ3n) is 4.94. The summed E-state index contributed by atoms with van der Waals surface area (Å²) in [4.78, 5) is 26.5. The molecule has 1 amide bonds. The molecule has 1 aromatic heterocycles. The molecule has 1 aromatic carbocycles. The first-order valence-electron chi connectivity index (χ1n) is 8.57. The fourth-order valence-corrected chi connectivity index (χ4v) is 3.47. The first-order valence-corrected chi connectivity index (χ1v) is 8.57. The zero-order valence-electron chi connectivity index (χ0n) is 14.2. The van der Waals surface area contributed by atoms with Crippen molar-refractivity contribution in [2.45, 2.75) is 26.8 Å². The molecule has 3 N–H and O–H groups in total. The van der Waals surface area contributed by atoms with Crippen LogP contribution >= 0.6 is 0 Å². The average Bonchev–Trinajstić information content (AvgIpc) is 3.02. The molecule has 1 aliphatic heterocycles. The van der Waals surface area contributed by atoms with Gasteiger partial charge in [-0.05, 0) is 31.9 Å². The van der Waals surface area contributed by atoms with Gasteiger partial charge >= 0.3 is 0 Å². The first kappa shape index (κ1) is 16.5. The minimum atomic E-state index is -0.494. The number of likely N-dealkylation sites (N-methyl/N-ethyl adjacent to an activating group) is 1. The lowest BCUT2D eigenvalue weighted by Crippen LogP contribution is -3.12. The summed E-state index contributed by atoms with van der Waals surface area (Å²) in [7, 11) is 0. The molecule has 6 nitrogen and oxygen atoms in total. The Kier molecular flexibility index (Phi) is 4.57. The summed E-state index contributed by atoms with van der Waals surface area (Å²) in [5, 5.41) is 13.9. The van der Waals surface area contributed by atoms with Crippen LogP contribution < -0.4 is 15.8 Å². The van der Waals surface area contributed by atoms with Crippen LogP contribution in [0.1, 0.15) is 29.8 Å². The Morgan fingerprint density at radius 1 is 1.33 bits per heavy atom. The van der Waals surface area contributed by atoms with Crippen molar-refractivity contribution in [3.63, 3.8) is 0 Å². The van der Waals surface area contributed by atoms with E-state index in [2.05, 4.69) is 19.2 Å². The Morgan fingerprint density at radius 3 is 2.79 bits per heavy atom. The summed E-state index contributed by atoms with van der Waals surface area (Å²) in [5.41, 5.74) is 1.25. The van der Waals surface area contributed by atoms with E-state index in [0.29, 0.717) is 18.5 Å². The normalized spacial score (nSPS) is 13.0. The SMILES string of the molecule is CC[NH+](CC)CCNC(=O)c1c(O)c2cccc3c2n(c1=O)CC3. The van der Waals surface area contributed by atoms with Gasteiger partial charge in [-0.2, -0.15) is 0 Å². The van der Waals surface area contributed by atoms with Crippen molar-refractivity contribution >= 4 is 16.8 Å². The zero-order chi connectivity index (χ0) is 17.3. The van der Waals surface area contributed by atoms with Crippen LogP contribution in [0.2, 0.25) is 0 Å². The molecule has 2 heterocycles. The van der Waals surface area contributed by atoms with E-state index in [1.165, 1.54) is 4.90 Å². The number of nitrogens with one attached hydrogen (secondary N) is 2. The quantitative estimate of drug-likeness (QED) is 0.693. The number of aryl methyl sites for hydroxylation is 2. The zero-order valence-corrected chi connectivity index (χ0v) is 14.2. The monoisotopic (exact) mass is 330 g/mol. The van der Waals surface area contributed by atoms with Gasteiger partial charge in [0.05, 0.1) is 31.7 Å². The second-order valence-corrected chi connectivity index (χ2v) is 6.21. The molecule has 0 saturated carbocycles. The fraction of sp³-hybridized carbons (Fsp3) is 0.444. The minimum Gasteiger partial charge on any atom is -0.506 e. The van der Waals surface area contributed by atoms with E-state index in [0.717, 1.165) is 37.1 Å². The van der Waals surface area contributed by atoms with Crippen molar-refractivity contribution in [2.75, 3.05) is 26.2 Å². The van der Waals surface area contributed by atoms with Crippen molar-refractivity contribution < 1.29 is 14.8 Å². The maximum Gasteiger partial charge on any atom is 0.267 e. The van der Waals surface area contributed by atoms with E-state index in [1.807, 2.05) is 12.1 Å². The Balaban J connectivity index is 1.91. The smallest absolute Gasteiger partial charge is 0.267 e. The summed E-state index contributed by atoms with van der Waals surface area (Å²) >= 11 is 0. The molecule has 0 radical (unpaired) electrons. The van der Waals surface area contributed by atoms with Gasteiger partial charge in [-0.3, -0.25) is 9.59 Å². The van der Waals surface area contributed by atoms with Gasteiger partial charge in [0.1, 0.15) is 11.3 Å². The average molecular weight is 330 g/mol. The molecule has 24 heavy (non-hydrogen) atoms. The lowest BCUT2D eigenvalue weighted by atomic mass is 10.1. The summed E-state index contributed by atoms with van der Waals surface area (Å²) < 4.78 is 1.61. The Hall–Kier alpha value is -2.34. The maximum absolute atomic E-state index is 12.7. The van der Waals surface area contributed by atoms with E-state index in [9.17, 15) is 14.7 Å². The van der Waals surface area contributed by atoms with Crippen LogP contribution in [0.4, 0.5) is 0 Å². The third-order valence-corrected chi connectivity index (χ3v) is 4.94. The number of amides is 1. The molecule has 2 aromatic rings. The number of pyridine rings is 1. The molecular formula is C18H24N3O3+. The Morgan fingerprint density at radius 2 is 2.08 bits per heavy atom. The molecule has 0 bridgehead atoms. The predicted molar refractivity (Wildman–Crippen MR) is 92.8 cm³/mol. The summed E-state index contributed by atoms with van der Waals surface area (Å²) in [5.74, 6) is -0.699. The molecule has 0 fully saturated rings. The van der Waals surface area contributed by atoms with Crippen molar-refractivity contribution in [2.24, 2.45) is 0 Å². The second kappa shape index (κ2) is 6.65. The second-order valence-electron chi connectivity index (χ2n) is 6.21. The number of quaternary nitrogens is 1. The van der Waals surface area contributed by atoms with Gasteiger partial charge in [0.25, 0.3) is 11.5 Å². The van der Waals surface area contributed by atoms with Crippen LogP contribution in [0.3, 0.4) is 0 Å². The van der Waals surface area contributed by atoms with Crippen LogP contribution in [-0.4, -0.2) is 41.8 Å². The molecule has 3 rings (SSSR count). The van der Waals surface area contributed by atoms with Crippen LogP contribution in [0.25, 0.3) is 10.9 Å². The van der Waals surface area contributed by atoms with Crippen molar-refractivity contribution in [3.05, 3.63) is 39.7 Å². The molecule has 0 spiro atoms. The van der Waals surface area contributed by atoms with Crippen molar-refractivity contribution in [1.82, 2.24) is 9.88 Å². The Labute approximate surface area is 140 Å². The molecule has 128 valence electrons. The highest BCUT2D eigenvalue weighted by Crippen LogP contribution is 2.31. The third kappa shape index (κ3) is 2.67. The van der Waals surface area contributed by atoms with Gasteiger partial charge in [-0.25, -0.2) is 0 Å². The van der Waals surface area contributed by atoms with Crippen molar-refractivity contribution in [1.29, 1.82) is 0 Å². The van der Waals surface area contributed by atoms with E-state index in [4.69, 9.17) is 0 Å². The van der Waals surface area contributed by atoms with Crippen LogP contribution in [-0.2, 0) is 13.0 Å². The predicted octanol–water partition coefficient (Wildman–Crippen LogP) is -0.0823. The van der Waals surface area contributed by atoms with E-state index in [1.54, 1.807) is 10.6 Å². The van der Waals surface area contributed by atoms with Crippen LogP contribution in [0.15, 0.2) is 23.0 Å². The highest BCUT2D eigenvalue weighted by molar-refractivity contribution is 6.03. The molecule has 1 aliphatic rings. The molecular weight excluding hydrogens is 306 g/mol. The number of para-hydroxylation sites is 1. The van der Waals surface area contributed by atoms with E-state index >= 15 is 0 Å². The number of carbonyl (C=O) groups excluding carboxylic acids is 1. The molecule has 6 heteroatoms. The number of carbonyl (C=O) groups is 1. The summed E-state index contributed by atoms with van der Waals surface area (Å²) in [6, 6.07) is 5.56. The number of benzene rings is 1. The number of aromatic nitrogens is 1. The standard InChI is InChI=1S/C18H23N3O3/c1-3-20(4-2)11-9-19-17(23)14-16(22)13-7-5-6-12-8-10-21(15(12)13)18(14)24/h5-7,22H,3-4,8-11H2,1-2H3,(H,19,23)/p+1. The fourth-order valence-electron chi connectivity index (χ4n) is 3.47. The molecule has 0 unspecified atom stereocenters. The van der Waals surface area contributed by atoms with Gasteiger partial charge in [0.2, 0.25) is 0 Å². The number of nitrogens with zero attached hydrogens (tertiary/aromatic N) is 1. The van der Waals surface area contributed by atoms with Crippen molar-refractivity contribution in [3.8, 4) is 5.75 Å². The van der Waals surface area contributed by atoms with Crippen LogP contribution in [0.5, 0.6) is 5.75 Å². The largest absolute Gasteiger partial charge is 0.506 e. The van der Waals surface area contributed by atoms with Gasteiger partial charge in [-0.1, -0.05) is 12.1 Å². The summed E-state index contributed by atoms with van der Waals surface area (Å²) in [6.07, 6.45) is 0.752. The molecule has 0 atom stereocenters. The molecule has 0 aliphatic carbocycles. The molecule has 0 saturated heterocycles. The number of rotatable bonds is 6. The van der Waals surface area contributed by atoms with Gasteiger partial charge in [0.15, 0.2) is 0 Å². The van der Waals surface area contributed by atoms with Gasteiger partial charge in [-0.15, -0.1) is 0 Å². The van der Waals surface area contributed by atoms with E-state index in [-0.39, 0.29) is 11.3 Å². The minimum absolute atomic E-state index is 0.143. The maximum atomic E-state index is 12.7. The lowest BCUT2D eigenvalue weighted by Gasteiger charge is -2.16. The van der Waals surface area contributed by atoms with Crippen LogP contribution in [0, 0.1) is 0 Å². The number of hydrogen-bond donors (Lipinski definition) is 3. The Bertz CT molecular complexity index is 837.